The molecule has 1 fully saturated rings. The fourth-order valence-electron chi connectivity index (χ4n) is 3.05. The van der Waals surface area contributed by atoms with E-state index in [0.717, 1.165) is 39.5 Å². The maximum absolute atomic E-state index is 12.0. The number of hydrazine groups is 1. The van der Waals surface area contributed by atoms with Crippen LogP contribution in [0.3, 0.4) is 0 Å². The molecule has 1 heterocycles. The third-order valence-electron chi connectivity index (χ3n) is 4.87. The van der Waals surface area contributed by atoms with Gasteiger partial charge in [0.05, 0.1) is 11.4 Å². The van der Waals surface area contributed by atoms with E-state index in [-0.39, 0.29) is 18.0 Å². The zero-order valence-corrected chi connectivity index (χ0v) is 16.5. The molecule has 2 aromatic rings. The van der Waals surface area contributed by atoms with Crippen molar-refractivity contribution in [2.24, 2.45) is 5.92 Å². The maximum Gasteiger partial charge on any atom is 0.301 e. The van der Waals surface area contributed by atoms with Crippen molar-refractivity contribution in [1.29, 1.82) is 0 Å². The van der Waals surface area contributed by atoms with E-state index in [0.29, 0.717) is 5.69 Å². The molecule has 28 heavy (non-hydrogen) atoms. The Labute approximate surface area is 164 Å². The number of nitrogens with one attached hydrogen (secondary N) is 4. The van der Waals surface area contributed by atoms with Gasteiger partial charge in [0.15, 0.2) is 0 Å². The monoisotopic (exact) mass is 401 g/mol. The third-order valence-corrected chi connectivity index (χ3v) is 6.33. The van der Waals surface area contributed by atoms with Crippen molar-refractivity contribution < 1.29 is 13.2 Å². The quantitative estimate of drug-likeness (QED) is 0.593. The van der Waals surface area contributed by atoms with Crippen LogP contribution in [0.15, 0.2) is 42.5 Å². The first-order valence-electron chi connectivity index (χ1n) is 9.10. The minimum absolute atomic E-state index is 0.0807. The van der Waals surface area contributed by atoms with Crippen LogP contribution in [-0.2, 0) is 15.0 Å². The number of anilines is 2. The Hall–Kier alpha value is -2.62. The van der Waals surface area contributed by atoms with Crippen LogP contribution in [0.5, 0.6) is 0 Å². The molecule has 0 unspecified atom stereocenters. The lowest BCUT2D eigenvalue weighted by atomic mass is 10.0. The van der Waals surface area contributed by atoms with Crippen LogP contribution in [0, 0.1) is 5.92 Å². The van der Waals surface area contributed by atoms with Gasteiger partial charge in [0.25, 0.3) is 0 Å². The van der Waals surface area contributed by atoms with Crippen LogP contribution in [0.4, 0.5) is 11.4 Å². The van der Waals surface area contributed by atoms with E-state index >= 15 is 0 Å². The van der Waals surface area contributed by atoms with Gasteiger partial charge in [-0.15, -0.1) is 0 Å². The van der Waals surface area contributed by atoms with Crippen molar-refractivity contribution in [3.05, 3.63) is 48.0 Å². The molecule has 0 saturated heterocycles. The summed E-state index contributed by atoms with van der Waals surface area (Å²) in [5, 5.41) is 3.01. The van der Waals surface area contributed by atoms with Gasteiger partial charge in [-0.2, -0.15) is 12.7 Å². The highest BCUT2D eigenvalue weighted by Crippen LogP contribution is 2.34. The topological polar surface area (TPSA) is 103 Å². The summed E-state index contributed by atoms with van der Waals surface area (Å²) in [6.45, 7) is 0. The zero-order chi connectivity index (χ0) is 19.9. The average molecular weight is 401 g/mol. The molecule has 9 heteroatoms. The number of carbonyl (C=O) groups is 1. The number of hydrogen-bond donors (Lipinski definition) is 4. The van der Waals surface area contributed by atoms with Gasteiger partial charge in [-0.3, -0.25) is 9.52 Å². The van der Waals surface area contributed by atoms with Crippen molar-refractivity contribution >= 4 is 27.5 Å². The Kier molecular flexibility index (Phi) is 4.74. The Morgan fingerprint density at radius 1 is 1.11 bits per heavy atom. The smallest absolute Gasteiger partial charge is 0.301 e. The minimum atomic E-state index is -3.56. The van der Waals surface area contributed by atoms with E-state index in [2.05, 4.69) is 20.9 Å². The van der Waals surface area contributed by atoms with Gasteiger partial charge < -0.3 is 10.7 Å². The number of benzene rings is 2. The molecule has 1 amide bonds. The molecule has 2 aliphatic rings. The molecule has 1 aliphatic carbocycles. The van der Waals surface area contributed by atoms with Crippen molar-refractivity contribution in [1.82, 2.24) is 15.0 Å². The summed E-state index contributed by atoms with van der Waals surface area (Å²) < 4.78 is 27.8. The fraction of sp³-hybridized carbons (Fsp3) is 0.316. The van der Waals surface area contributed by atoms with Crippen LogP contribution in [0.25, 0.3) is 11.1 Å². The van der Waals surface area contributed by atoms with Crippen LogP contribution in [-0.4, -0.2) is 32.7 Å². The molecule has 1 aliphatic heterocycles. The van der Waals surface area contributed by atoms with Crippen molar-refractivity contribution in [3.63, 3.8) is 0 Å². The Bertz CT molecular complexity index is 1020. The molecule has 8 nitrogen and oxygen atoms in total. The first-order valence-corrected chi connectivity index (χ1v) is 10.5. The summed E-state index contributed by atoms with van der Waals surface area (Å²) in [5.41, 5.74) is 10.4. The van der Waals surface area contributed by atoms with Gasteiger partial charge in [0, 0.05) is 25.6 Å². The van der Waals surface area contributed by atoms with Crippen molar-refractivity contribution in [2.45, 2.75) is 19.0 Å². The highest BCUT2D eigenvalue weighted by atomic mass is 32.2. The van der Waals surface area contributed by atoms with E-state index in [9.17, 15) is 13.2 Å². The highest BCUT2D eigenvalue weighted by Gasteiger charge is 2.33. The Morgan fingerprint density at radius 3 is 2.57 bits per heavy atom. The molecule has 148 valence electrons. The van der Waals surface area contributed by atoms with Gasteiger partial charge >= 0.3 is 10.2 Å². The first-order chi connectivity index (χ1) is 13.3. The lowest BCUT2D eigenvalue weighted by Gasteiger charge is -2.14. The molecule has 4 N–H and O–H groups in total. The number of hydrogen-bond acceptors (Lipinski definition) is 5. The summed E-state index contributed by atoms with van der Waals surface area (Å²) in [5.74, 6) is 0.232. The van der Waals surface area contributed by atoms with Gasteiger partial charge in [-0.25, -0.2) is 5.43 Å². The molecule has 0 radical (unpaired) electrons. The van der Waals surface area contributed by atoms with Gasteiger partial charge in [-0.1, -0.05) is 24.3 Å². The molecular formula is C19H23N5O3S. The first kappa shape index (κ1) is 18.7. The Morgan fingerprint density at radius 2 is 1.86 bits per heavy atom. The molecule has 0 aromatic heterocycles. The summed E-state index contributed by atoms with van der Waals surface area (Å²) in [4.78, 5) is 12.0. The average Bonchev–Trinajstić information content (AvgIpc) is 3.44. The molecule has 1 saturated carbocycles. The fourth-order valence-corrected chi connectivity index (χ4v) is 3.65. The van der Waals surface area contributed by atoms with Crippen LogP contribution >= 0.6 is 0 Å². The van der Waals surface area contributed by atoms with E-state index in [1.165, 1.54) is 14.1 Å². The molecule has 0 bridgehead atoms. The third kappa shape index (κ3) is 3.82. The highest BCUT2D eigenvalue weighted by molar-refractivity contribution is 7.90. The largest absolute Gasteiger partial charge is 0.335 e. The second-order valence-electron chi connectivity index (χ2n) is 7.26. The number of nitrogens with zero attached hydrogens (tertiary/aromatic N) is 1. The van der Waals surface area contributed by atoms with Crippen LogP contribution in [0.2, 0.25) is 0 Å². The van der Waals surface area contributed by atoms with Crippen molar-refractivity contribution in [2.75, 3.05) is 24.2 Å². The number of rotatable bonds is 6. The maximum atomic E-state index is 12.0. The second-order valence-corrected chi connectivity index (χ2v) is 9.14. The Balaban J connectivity index is 1.54. The predicted molar refractivity (Wildman–Crippen MR) is 108 cm³/mol. The lowest BCUT2D eigenvalue weighted by molar-refractivity contribution is -0.123. The van der Waals surface area contributed by atoms with E-state index < -0.39 is 10.2 Å². The molecule has 0 spiro atoms. The SMILES string of the molecule is CN(C)S(=O)(=O)Nc1cccc(-c2ccc3c(c2)NN[C@H]3NC(=O)C2CC2)c1. The van der Waals surface area contributed by atoms with E-state index in [1.807, 2.05) is 24.3 Å². The summed E-state index contributed by atoms with van der Waals surface area (Å²) >= 11 is 0. The molecule has 1 atom stereocenters. The van der Waals surface area contributed by atoms with Crippen LogP contribution < -0.4 is 20.9 Å². The van der Waals surface area contributed by atoms with E-state index in [1.54, 1.807) is 18.2 Å². The predicted octanol–water partition coefficient (Wildman–Crippen LogP) is 2.03. The van der Waals surface area contributed by atoms with Gasteiger partial charge in [0.2, 0.25) is 5.91 Å². The molecular weight excluding hydrogens is 378 g/mol. The van der Waals surface area contributed by atoms with Crippen LogP contribution in [0.1, 0.15) is 24.6 Å². The normalized spacial score (nSPS) is 18.5. The summed E-state index contributed by atoms with van der Waals surface area (Å²) in [6, 6.07) is 13.1. The molecule has 2 aromatic carbocycles. The second kappa shape index (κ2) is 7.08. The standard InChI is InChI=1S/C19H23N5O3S/c1-24(2)28(26,27)23-15-5-3-4-13(10-15)14-8-9-16-17(11-14)21-22-18(16)20-19(25)12-6-7-12/h3-5,8-12,18,21-23H,6-7H2,1-2H3,(H,20,25)/t18-/m1/s1. The van der Waals surface area contributed by atoms with Gasteiger partial charge in [-0.05, 0) is 42.2 Å². The molecule has 4 rings (SSSR count). The summed E-state index contributed by atoms with van der Waals surface area (Å²) in [6.07, 6.45) is 1.67. The number of amides is 1. The van der Waals surface area contributed by atoms with Crippen molar-refractivity contribution in [3.8, 4) is 11.1 Å². The minimum Gasteiger partial charge on any atom is -0.335 e. The van der Waals surface area contributed by atoms with E-state index in [4.69, 9.17) is 0 Å². The summed E-state index contributed by atoms with van der Waals surface area (Å²) in [7, 11) is -0.608. The number of fused-ring (bicyclic) bond motifs is 1. The van der Waals surface area contributed by atoms with Gasteiger partial charge in [0.1, 0.15) is 6.17 Å². The zero-order valence-electron chi connectivity index (χ0n) is 15.7. The number of carbonyl (C=O) groups excluding carboxylic acids is 1. The lowest BCUT2D eigenvalue weighted by Crippen LogP contribution is -2.36.